The molecule has 1 aliphatic rings. The van der Waals surface area contributed by atoms with E-state index in [2.05, 4.69) is 113 Å². The van der Waals surface area contributed by atoms with Crippen molar-refractivity contribution in [2.75, 3.05) is 0 Å². The maximum atomic E-state index is 8.74. The Labute approximate surface area is 351 Å². The van der Waals surface area contributed by atoms with Crippen molar-refractivity contribution in [1.82, 2.24) is 9.97 Å². The van der Waals surface area contributed by atoms with E-state index in [1.54, 1.807) is 22.2 Å². The molecule has 3 aromatic heterocycles. The molecule has 0 bridgehead atoms. The second kappa shape index (κ2) is 16.3. The van der Waals surface area contributed by atoms with Crippen LogP contribution in [0.5, 0.6) is 0 Å². The second-order valence-corrected chi connectivity index (χ2v) is 27.5. The molecule has 0 spiro atoms. The largest absolute Gasteiger partial charge is 0 e. The number of furan rings is 1. The molecule has 5 heteroatoms. The van der Waals surface area contributed by atoms with E-state index >= 15 is 0 Å². The van der Waals surface area contributed by atoms with Crippen molar-refractivity contribution in [1.29, 1.82) is 0 Å². The van der Waals surface area contributed by atoms with E-state index in [9.17, 15) is 0 Å². The number of fused-ring (bicyclic) bond motifs is 5. The Morgan fingerprint density at radius 2 is 1.57 bits per heavy atom. The first kappa shape index (κ1) is 37.2. The van der Waals surface area contributed by atoms with Crippen molar-refractivity contribution in [2.24, 2.45) is 5.41 Å². The maximum Gasteiger partial charge on any atom is 0 e. The van der Waals surface area contributed by atoms with E-state index < -0.39 is 25.1 Å². The monoisotopic (exact) mass is 975 g/mol. The number of nitrogens with zero attached hydrogens (tertiary/aromatic N) is 2. The molecule has 9 rings (SSSR count). The third-order valence-corrected chi connectivity index (χ3v) is 14.7. The number of pyridine rings is 2. The Bertz CT molecular complexity index is 2760. The third-order valence-electron chi connectivity index (χ3n) is 10.4. The summed E-state index contributed by atoms with van der Waals surface area (Å²) in [5.74, 6) is 7.42. The summed E-state index contributed by atoms with van der Waals surface area (Å²) in [6.07, 6.45) is 7.41. The maximum absolute atomic E-state index is 8.74. The van der Waals surface area contributed by atoms with Crippen molar-refractivity contribution in [3.05, 3.63) is 150 Å². The number of aryl methyl sites for hydroxylation is 1. The van der Waals surface area contributed by atoms with Crippen LogP contribution in [0.25, 0.3) is 66.4 Å². The van der Waals surface area contributed by atoms with Gasteiger partial charge in [0.05, 0.1) is 5.58 Å². The molecule has 5 aromatic carbocycles. The van der Waals surface area contributed by atoms with Gasteiger partial charge in [0.2, 0.25) is 0 Å². The van der Waals surface area contributed by atoms with E-state index in [1.165, 1.54) is 53.3 Å². The van der Waals surface area contributed by atoms with E-state index in [0.29, 0.717) is 11.3 Å². The van der Waals surface area contributed by atoms with Crippen LogP contribution >= 0.6 is 0 Å². The smallest absolute Gasteiger partial charge is 0 e. The summed E-state index contributed by atoms with van der Waals surface area (Å²) in [6.45, 7) is 7.76. The standard InChI is InChI=1S/C33H28NO.C18H22GeN.Ir/c1-21-16-28-27-19-24(26-11-7-9-23-8-5-6-10-25(23)26)12-13-31(27)35-32(28)29(17-21)30-18-22(14-15-34-30)20-33(2,3)4;1-19(2,3)17-13-20-18(14-9-5-4-6-10-14)16-12-8-7-11-15(16)17;/h5-16,18-19H,20H2,1-4H3;4-6,9,13H,7-8,11-12H2,1-3H3;/q2*-1;/i20D2;;. The second-order valence-electron chi connectivity index (χ2n) is 16.9. The summed E-state index contributed by atoms with van der Waals surface area (Å²) in [4.78, 5) is 9.45. The molecule has 0 fully saturated rings. The van der Waals surface area contributed by atoms with Crippen LogP contribution in [0.15, 0.2) is 120 Å². The SMILES string of the molecule is [2H]C([2H])(c1ccnc(-c2[c-]c(C)cc3c2oc2ccc(-c4cccc5ccccc45)cc23)c1)C(C)(C)C.[CH3][Ge]([CH3])([CH3])[c]1cnc(-c2[c-]cccc2)c2c1CCCC2.[Ir]. The van der Waals surface area contributed by atoms with Gasteiger partial charge in [-0.3, -0.25) is 0 Å². The molecule has 285 valence electrons. The van der Waals surface area contributed by atoms with Gasteiger partial charge in [-0.15, -0.1) is 17.7 Å². The van der Waals surface area contributed by atoms with E-state index in [1.807, 2.05) is 52.0 Å². The van der Waals surface area contributed by atoms with Crippen molar-refractivity contribution in [3.8, 4) is 33.6 Å². The van der Waals surface area contributed by atoms with Crippen LogP contribution in [0.2, 0.25) is 17.3 Å². The summed E-state index contributed by atoms with van der Waals surface area (Å²) in [5, 5.41) is 4.48. The van der Waals surface area contributed by atoms with Gasteiger partial charge in [0.15, 0.2) is 0 Å². The molecule has 0 saturated heterocycles. The predicted molar refractivity (Wildman–Crippen MR) is 235 cm³/mol. The summed E-state index contributed by atoms with van der Waals surface area (Å²) in [5.41, 5.74) is 11.7. The first-order valence-corrected chi connectivity index (χ1v) is 26.9. The molecule has 56 heavy (non-hydrogen) atoms. The Morgan fingerprint density at radius 1 is 0.804 bits per heavy atom. The van der Waals surface area contributed by atoms with Crippen LogP contribution in [0.3, 0.4) is 0 Å². The van der Waals surface area contributed by atoms with Gasteiger partial charge in [-0.1, -0.05) is 98.8 Å². The predicted octanol–water partition coefficient (Wildman–Crippen LogP) is 13.1. The minimum absolute atomic E-state index is 0. The number of benzene rings is 5. The van der Waals surface area contributed by atoms with Crippen LogP contribution < -0.4 is 4.40 Å². The summed E-state index contributed by atoms with van der Waals surface area (Å²) in [6, 6.07) is 41.9. The van der Waals surface area contributed by atoms with E-state index in [4.69, 9.17) is 12.1 Å². The summed E-state index contributed by atoms with van der Waals surface area (Å²) in [7, 11) is 0. The molecule has 0 amide bonds. The normalized spacial score (nSPS) is 13.7. The number of aromatic nitrogens is 2. The van der Waals surface area contributed by atoms with Crippen LogP contribution in [0.1, 0.15) is 58.6 Å². The first-order valence-electron chi connectivity index (χ1n) is 20.5. The van der Waals surface area contributed by atoms with Gasteiger partial charge in [0, 0.05) is 34.4 Å². The zero-order chi connectivity index (χ0) is 40.1. The summed E-state index contributed by atoms with van der Waals surface area (Å²) < 4.78 is 25.5. The number of hydrogen-bond donors (Lipinski definition) is 0. The van der Waals surface area contributed by atoms with Gasteiger partial charge in [-0.2, -0.15) is 0 Å². The van der Waals surface area contributed by atoms with Crippen molar-refractivity contribution in [3.63, 3.8) is 0 Å². The molecule has 3 heterocycles. The molecule has 8 aromatic rings. The first-order chi connectivity index (χ1) is 27.2. The minimum atomic E-state index is -1.83. The van der Waals surface area contributed by atoms with Crippen LogP contribution in [0, 0.1) is 24.5 Å². The molecule has 1 aliphatic carbocycles. The van der Waals surface area contributed by atoms with Crippen LogP contribution in [-0.2, 0) is 39.3 Å². The zero-order valence-electron chi connectivity index (χ0n) is 35.4. The van der Waals surface area contributed by atoms with Gasteiger partial charge in [0.1, 0.15) is 5.58 Å². The van der Waals surface area contributed by atoms with E-state index in [0.717, 1.165) is 44.2 Å². The molecular weight excluding hydrogens is 921 g/mol. The molecule has 1 radical (unpaired) electrons. The molecular formula is C51H50GeIrN2O-2. The Hall–Kier alpha value is -4.35. The fourth-order valence-electron chi connectivity index (χ4n) is 8.02. The van der Waals surface area contributed by atoms with Crippen LogP contribution in [-0.4, -0.2) is 23.2 Å². The Kier molecular flexibility index (Phi) is 10.8. The van der Waals surface area contributed by atoms with E-state index in [-0.39, 0.29) is 20.1 Å². The van der Waals surface area contributed by atoms with Crippen molar-refractivity contribution < 1.29 is 27.3 Å². The van der Waals surface area contributed by atoms with Gasteiger partial charge < -0.3 is 9.40 Å². The molecule has 0 saturated carbocycles. The molecule has 0 unspecified atom stereocenters. The average molecular weight is 974 g/mol. The van der Waals surface area contributed by atoms with Gasteiger partial charge >= 0.3 is 125 Å². The number of rotatable bonds is 5. The van der Waals surface area contributed by atoms with Crippen molar-refractivity contribution >= 4 is 50.4 Å². The topological polar surface area (TPSA) is 38.9 Å². The van der Waals surface area contributed by atoms with Gasteiger partial charge in [0.25, 0.3) is 0 Å². The molecule has 0 N–H and O–H groups in total. The fourth-order valence-corrected chi connectivity index (χ4v) is 11.4. The molecule has 0 aliphatic heterocycles. The number of hydrogen-bond acceptors (Lipinski definition) is 3. The minimum Gasteiger partial charge on any atom is 0 e. The quantitative estimate of drug-likeness (QED) is 0.127. The molecule has 0 atom stereocenters. The Morgan fingerprint density at radius 3 is 2.34 bits per heavy atom. The Balaban J connectivity index is 0.000000206. The molecule has 3 nitrogen and oxygen atoms in total. The van der Waals surface area contributed by atoms with Gasteiger partial charge in [-0.05, 0) is 57.6 Å². The zero-order valence-corrected chi connectivity index (χ0v) is 37.9. The van der Waals surface area contributed by atoms with Crippen molar-refractivity contribution in [2.45, 2.75) is 77.0 Å². The van der Waals surface area contributed by atoms with Crippen LogP contribution in [0.4, 0.5) is 0 Å². The third kappa shape index (κ3) is 8.35. The fraction of sp³-hybridized carbons (Fsp3) is 0.255. The summed E-state index contributed by atoms with van der Waals surface area (Å²) >= 11 is -1.83. The van der Waals surface area contributed by atoms with Gasteiger partial charge in [-0.25, -0.2) is 0 Å². The average Bonchev–Trinajstić information content (AvgIpc) is 3.57.